The van der Waals surface area contributed by atoms with Crippen LogP contribution in [0.4, 0.5) is 11.4 Å². The number of anilines is 2. The van der Waals surface area contributed by atoms with Gasteiger partial charge in [0.1, 0.15) is 0 Å². The summed E-state index contributed by atoms with van der Waals surface area (Å²) in [6, 6.07) is 15.5. The van der Waals surface area contributed by atoms with Crippen molar-refractivity contribution in [3.63, 3.8) is 0 Å². The molecule has 11 heteroatoms. The fourth-order valence-corrected chi connectivity index (χ4v) is 4.33. The molecule has 0 saturated carbocycles. The van der Waals surface area contributed by atoms with Crippen molar-refractivity contribution in [2.45, 2.75) is 11.3 Å². The van der Waals surface area contributed by atoms with Crippen molar-refractivity contribution < 1.29 is 31.6 Å². The second-order valence-corrected chi connectivity index (χ2v) is 9.03. The number of hydrogen-bond acceptors (Lipinski definition) is 8. The molecule has 0 atom stereocenters. The van der Waals surface area contributed by atoms with Crippen LogP contribution in [-0.4, -0.2) is 32.7 Å². The first-order valence-corrected chi connectivity index (χ1v) is 11.8. The zero-order valence-electron chi connectivity index (χ0n) is 17.7. The van der Waals surface area contributed by atoms with Gasteiger partial charge in [-0.05, 0) is 48.5 Å². The Bertz CT molecular complexity index is 1410. The van der Waals surface area contributed by atoms with Gasteiger partial charge in [-0.2, -0.15) is 0 Å². The largest absolute Gasteiger partial charge is 0.490 e. The van der Waals surface area contributed by atoms with Crippen molar-refractivity contribution in [3.8, 4) is 23.0 Å². The molecule has 0 spiro atoms. The lowest BCUT2D eigenvalue weighted by atomic mass is 10.2. The number of amides is 1. The van der Waals surface area contributed by atoms with Crippen LogP contribution in [0.1, 0.15) is 16.9 Å². The molecule has 0 radical (unpaired) electrons. The molecule has 0 fully saturated rings. The average Bonchev–Trinajstić information content (AvgIpc) is 3.48. The molecule has 0 bridgehead atoms. The van der Waals surface area contributed by atoms with Crippen molar-refractivity contribution in [1.29, 1.82) is 0 Å². The van der Waals surface area contributed by atoms with Crippen molar-refractivity contribution in [2.75, 3.05) is 23.3 Å². The molecular weight excluding hydrogens is 462 g/mol. The van der Waals surface area contributed by atoms with E-state index in [9.17, 15) is 13.2 Å². The summed E-state index contributed by atoms with van der Waals surface area (Å²) in [6.07, 6.45) is 2.21. The third kappa shape index (κ3) is 4.59. The van der Waals surface area contributed by atoms with Gasteiger partial charge in [0.05, 0.1) is 24.4 Å². The Morgan fingerprint density at radius 2 is 1.65 bits per heavy atom. The summed E-state index contributed by atoms with van der Waals surface area (Å²) in [7, 11) is -3.86. The number of benzene rings is 2. The normalized spacial score (nSPS) is 13.2. The van der Waals surface area contributed by atoms with Crippen LogP contribution < -0.4 is 19.5 Å². The Kier molecular flexibility index (Phi) is 5.68. The van der Waals surface area contributed by atoms with Gasteiger partial charge in [-0.3, -0.25) is 9.52 Å². The monoisotopic (exact) mass is 481 g/mol. The maximum atomic E-state index is 12.8. The lowest BCUT2D eigenvalue weighted by molar-refractivity contribution is 0.101. The number of rotatable bonds is 6. The quantitative estimate of drug-likeness (QED) is 0.420. The lowest BCUT2D eigenvalue weighted by Crippen LogP contribution is -2.14. The molecule has 3 heterocycles. The standard InChI is InChI=1S/C23H19N3O7S/c27-23(18-14-22(33-25-18)19-3-1-10-30-19)24-15-4-6-16(7-5-15)26-34(28,29)17-8-9-20-21(13-17)32-12-2-11-31-20/h1,3-10,13-14,26H,2,11-12H2,(H,24,27). The Labute approximate surface area is 194 Å². The highest BCUT2D eigenvalue weighted by molar-refractivity contribution is 7.92. The molecule has 0 aliphatic carbocycles. The molecule has 0 saturated heterocycles. The van der Waals surface area contributed by atoms with Crippen LogP contribution in [0.2, 0.25) is 0 Å². The highest BCUT2D eigenvalue weighted by Crippen LogP contribution is 2.32. The summed E-state index contributed by atoms with van der Waals surface area (Å²) in [5.41, 5.74) is 0.850. The summed E-state index contributed by atoms with van der Waals surface area (Å²) >= 11 is 0. The molecule has 4 aromatic rings. The molecule has 5 rings (SSSR count). The number of sulfonamides is 1. The fraction of sp³-hybridized carbons (Fsp3) is 0.130. The van der Waals surface area contributed by atoms with E-state index in [1.165, 1.54) is 36.6 Å². The van der Waals surface area contributed by atoms with Crippen LogP contribution in [0.15, 0.2) is 80.8 Å². The van der Waals surface area contributed by atoms with E-state index in [4.69, 9.17) is 18.4 Å². The van der Waals surface area contributed by atoms with E-state index in [1.54, 1.807) is 30.3 Å². The van der Waals surface area contributed by atoms with Gasteiger partial charge >= 0.3 is 0 Å². The molecule has 1 aliphatic rings. The number of fused-ring (bicyclic) bond motifs is 1. The van der Waals surface area contributed by atoms with Gasteiger partial charge in [0.2, 0.25) is 5.76 Å². The predicted octanol–water partition coefficient (Wildman–Crippen LogP) is 4.15. The van der Waals surface area contributed by atoms with Crippen LogP contribution in [0.5, 0.6) is 11.5 Å². The van der Waals surface area contributed by atoms with Crippen LogP contribution >= 0.6 is 0 Å². The van der Waals surface area contributed by atoms with Crippen molar-refractivity contribution >= 4 is 27.3 Å². The second-order valence-electron chi connectivity index (χ2n) is 7.35. The Morgan fingerprint density at radius 1 is 0.882 bits per heavy atom. The minimum Gasteiger partial charge on any atom is -0.490 e. The number of nitrogens with one attached hydrogen (secondary N) is 2. The Balaban J connectivity index is 1.25. The zero-order chi connectivity index (χ0) is 23.5. The highest BCUT2D eigenvalue weighted by atomic mass is 32.2. The number of carbonyl (C=O) groups excluding carboxylic acids is 1. The van der Waals surface area contributed by atoms with E-state index in [1.807, 2.05) is 0 Å². The number of hydrogen-bond donors (Lipinski definition) is 2. The molecule has 34 heavy (non-hydrogen) atoms. The summed E-state index contributed by atoms with van der Waals surface area (Å²) in [5, 5.41) is 6.43. The first kappa shape index (κ1) is 21.6. The summed E-state index contributed by atoms with van der Waals surface area (Å²) in [6.45, 7) is 0.970. The highest BCUT2D eigenvalue weighted by Gasteiger charge is 2.19. The zero-order valence-corrected chi connectivity index (χ0v) is 18.5. The van der Waals surface area contributed by atoms with Crippen LogP contribution in [0.3, 0.4) is 0 Å². The summed E-state index contributed by atoms with van der Waals surface area (Å²) in [5.74, 6) is 1.20. The second kappa shape index (κ2) is 8.94. The van der Waals surface area contributed by atoms with Crippen molar-refractivity contribution in [1.82, 2.24) is 5.16 Å². The van der Waals surface area contributed by atoms with Crippen molar-refractivity contribution in [3.05, 3.63) is 72.6 Å². The number of carbonyl (C=O) groups is 1. The molecule has 10 nitrogen and oxygen atoms in total. The molecule has 2 aromatic heterocycles. The molecule has 1 amide bonds. The van der Waals surface area contributed by atoms with Crippen LogP contribution in [0, 0.1) is 0 Å². The SMILES string of the molecule is O=C(Nc1ccc(NS(=O)(=O)c2ccc3c(c2)OCCCO3)cc1)c1cc(-c2ccco2)on1. The lowest BCUT2D eigenvalue weighted by Gasteiger charge is -2.12. The van der Waals surface area contributed by atoms with Gasteiger partial charge in [0.25, 0.3) is 15.9 Å². The maximum Gasteiger partial charge on any atom is 0.277 e. The Morgan fingerprint density at radius 3 is 2.41 bits per heavy atom. The third-order valence-corrected chi connectivity index (χ3v) is 6.31. The predicted molar refractivity (Wildman–Crippen MR) is 121 cm³/mol. The molecule has 1 aliphatic heterocycles. The van der Waals surface area contributed by atoms with Gasteiger partial charge in [0, 0.05) is 29.9 Å². The molecule has 2 aromatic carbocycles. The van der Waals surface area contributed by atoms with E-state index in [0.717, 1.165) is 6.42 Å². The fourth-order valence-electron chi connectivity index (χ4n) is 3.26. The van der Waals surface area contributed by atoms with Gasteiger partial charge in [0.15, 0.2) is 23.0 Å². The van der Waals surface area contributed by atoms with Crippen LogP contribution in [0.25, 0.3) is 11.5 Å². The number of furan rings is 1. The van der Waals surface area contributed by atoms with Crippen molar-refractivity contribution in [2.24, 2.45) is 0 Å². The molecular formula is C23H19N3O7S. The minimum absolute atomic E-state index is 0.0486. The van der Waals surface area contributed by atoms with Gasteiger partial charge in [-0.25, -0.2) is 8.42 Å². The molecule has 174 valence electrons. The molecule has 0 unspecified atom stereocenters. The number of nitrogens with zero attached hydrogens (tertiary/aromatic N) is 1. The van der Waals surface area contributed by atoms with Crippen LogP contribution in [-0.2, 0) is 10.0 Å². The third-order valence-electron chi connectivity index (χ3n) is 4.93. The van der Waals surface area contributed by atoms with E-state index in [2.05, 4.69) is 15.2 Å². The molecule has 2 N–H and O–H groups in total. The minimum atomic E-state index is -3.86. The summed E-state index contributed by atoms with van der Waals surface area (Å²) < 4.78 is 49.6. The summed E-state index contributed by atoms with van der Waals surface area (Å²) in [4.78, 5) is 12.5. The topological polar surface area (TPSA) is 133 Å². The first-order valence-electron chi connectivity index (χ1n) is 10.3. The first-order chi connectivity index (χ1) is 16.5. The maximum absolute atomic E-state index is 12.8. The smallest absolute Gasteiger partial charge is 0.277 e. The van der Waals surface area contributed by atoms with E-state index in [-0.39, 0.29) is 10.6 Å². The number of ether oxygens (including phenoxy) is 2. The van der Waals surface area contributed by atoms with Gasteiger partial charge in [-0.15, -0.1) is 0 Å². The van der Waals surface area contributed by atoms with Gasteiger partial charge in [-0.1, -0.05) is 5.16 Å². The van der Waals surface area contributed by atoms with E-state index in [0.29, 0.717) is 47.6 Å². The van der Waals surface area contributed by atoms with Gasteiger partial charge < -0.3 is 23.7 Å². The van der Waals surface area contributed by atoms with E-state index >= 15 is 0 Å². The number of aromatic nitrogens is 1. The Hall–Kier alpha value is -4.25. The average molecular weight is 481 g/mol. The van der Waals surface area contributed by atoms with E-state index < -0.39 is 15.9 Å².